The number of likely N-dealkylation sites (N-methyl/N-ethyl adjacent to an activating group) is 1. The molecule has 18 heteroatoms. The van der Waals surface area contributed by atoms with Crippen molar-refractivity contribution in [2.45, 2.75) is 114 Å². The number of alkyl carbamates (subject to hydrolysis) is 2. The summed E-state index contributed by atoms with van der Waals surface area (Å²) in [5.41, 5.74) is 4.18. The Kier molecular flexibility index (Phi) is 17.6. The lowest BCUT2D eigenvalue weighted by atomic mass is 9.83. The van der Waals surface area contributed by atoms with Gasteiger partial charge in [0.2, 0.25) is 11.8 Å². The molecule has 7 rings (SSSR count). The number of esters is 1. The van der Waals surface area contributed by atoms with E-state index in [2.05, 4.69) is 34.9 Å². The average molecular weight is 1060 g/mol. The zero-order valence-corrected chi connectivity index (χ0v) is 45.7. The Morgan fingerprint density at radius 1 is 1.07 bits per heavy atom. The fraction of sp³-hybridized carbons (Fsp3) is 0.509. The Bertz CT molecular complexity index is 2580. The van der Waals surface area contributed by atoms with Gasteiger partial charge in [-0.2, -0.15) is 0 Å². The van der Waals surface area contributed by atoms with E-state index in [-0.39, 0.29) is 60.5 Å². The van der Waals surface area contributed by atoms with Crippen molar-refractivity contribution in [1.82, 2.24) is 15.5 Å². The molecule has 3 N–H and O–H groups in total. The summed E-state index contributed by atoms with van der Waals surface area (Å²) in [5, 5.41) is 17.6. The van der Waals surface area contributed by atoms with Crippen LogP contribution in [0.15, 0.2) is 84.5 Å². The topological polar surface area (TPSA) is 182 Å². The number of aliphatic hydroxyl groups is 1. The van der Waals surface area contributed by atoms with Gasteiger partial charge in [0, 0.05) is 62.4 Å². The number of methoxy groups -OCH3 is 2. The first-order chi connectivity index (χ1) is 34.6. The van der Waals surface area contributed by atoms with E-state index in [4.69, 9.17) is 35.3 Å². The number of carbonyl (C=O) groups is 5. The van der Waals surface area contributed by atoms with Gasteiger partial charge in [0.1, 0.15) is 41.7 Å². The highest BCUT2D eigenvalue weighted by Gasteiger charge is 2.62. The third kappa shape index (κ3) is 12.7. The minimum Gasteiger partial charge on any atom is -0.495 e. The van der Waals surface area contributed by atoms with Gasteiger partial charge >= 0.3 is 18.2 Å². The fourth-order valence-corrected chi connectivity index (χ4v) is 13.0. The van der Waals surface area contributed by atoms with Gasteiger partial charge < -0.3 is 43.9 Å². The third-order valence-electron chi connectivity index (χ3n) is 14.9. The number of rotatable bonds is 14. The van der Waals surface area contributed by atoms with Crippen LogP contribution >= 0.6 is 33.2 Å². The van der Waals surface area contributed by atoms with Crippen LogP contribution in [0.5, 0.6) is 5.75 Å². The van der Waals surface area contributed by atoms with Gasteiger partial charge in [0.05, 0.1) is 19.2 Å². The summed E-state index contributed by atoms with van der Waals surface area (Å²) in [6, 6.07) is 19.0. The van der Waals surface area contributed by atoms with Crippen molar-refractivity contribution in [3.05, 3.63) is 106 Å². The predicted molar refractivity (Wildman–Crippen MR) is 286 cm³/mol. The Hall–Kier alpha value is -5.20. The Morgan fingerprint density at radius 2 is 1.74 bits per heavy atom. The molecule has 0 aromatic heterocycles. The van der Waals surface area contributed by atoms with E-state index in [9.17, 15) is 29.1 Å². The second-order valence-electron chi connectivity index (χ2n) is 20.6. The Morgan fingerprint density at radius 3 is 2.40 bits per heavy atom. The van der Waals surface area contributed by atoms with Gasteiger partial charge in [-0.15, -0.1) is 0 Å². The van der Waals surface area contributed by atoms with Gasteiger partial charge in [-0.3, -0.25) is 14.9 Å². The maximum absolute atomic E-state index is 14.4. The quantitative estimate of drug-likeness (QED) is 0.0602. The smallest absolute Gasteiger partial charge is 0.409 e. The van der Waals surface area contributed by atoms with E-state index in [1.54, 1.807) is 39.2 Å². The number of hydrogen-bond acceptors (Lipinski definition) is 13. The number of halogens is 1. The number of allylic oxidation sites excluding steroid dienone is 3. The van der Waals surface area contributed by atoms with Crippen molar-refractivity contribution in [3.63, 3.8) is 0 Å². The molecule has 4 bridgehead atoms. The molecular weight excluding hydrogens is 992 g/mol. The minimum atomic E-state index is -1.80. The second kappa shape index (κ2) is 23.1. The van der Waals surface area contributed by atoms with E-state index in [1.807, 2.05) is 71.0 Å². The SMILES string of the molecule is COc1cc2cc(c1Cl)N(C)C(=O)C[C@H](OC(=O)[C@H](C)N(C)C(=O)CCSSC(C)(C)CNC(=O)OCC1c3ccccc3-c3ccccc31)[C@@]1(C)C[C@H]1[C@H](C)[C@@H]1C[C@@](O)(NC(=O)O1)[C@H](OC)/C=C/C=C(\C)C2. The van der Waals surface area contributed by atoms with Gasteiger partial charge in [-0.25, -0.2) is 14.4 Å². The molecule has 3 aromatic carbocycles. The molecule has 8 atom stereocenters. The molecular formula is C55H69ClN4O11S2. The van der Waals surface area contributed by atoms with Crippen LogP contribution in [0.4, 0.5) is 15.3 Å². The number of carbonyl (C=O) groups excluding carboxylic acids is 5. The van der Waals surface area contributed by atoms with Crippen LogP contribution in [-0.2, 0) is 39.8 Å². The monoisotopic (exact) mass is 1060 g/mol. The summed E-state index contributed by atoms with van der Waals surface area (Å²) in [4.78, 5) is 71.0. The number of ether oxygens (including phenoxy) is 5. The summed E-state index contributed by atoms with van der Waals surface area (Å²) in [5.74, 6) is -1.11. The molecule has 1 saturated carbocycles. The first-order valence-electron chi connectivity index (χ1n) is 24.7. The largest absolute Gasteiger partial charge is 0.495 e. The standard InChI is InChI=1S/C55H69ClN4O11S2/c1-32-16-15-21-45(68-10)55(66)29-44(70-52(65)58-55)33(2)41-28-54(41,6)46(27-48(62)60(8)42-25-35(24-32)26-43(67-9)49(42)56)71-50(63)34(3)59(7)47(61)22-23-72-73-53(4,5)31-57-51(64)69-30-40-38-19-13-11-17-36(38)37-18-12-14-20-39(37)40/h11-21,25-26,33-34,40-41,44-46,66H,22-24,27-31H2,1-10H3,(H,57,64)(H,58,65)/b21-15+,32-16+/t33-,34-,41-,44-,45+,46-,54-,55-/m0/s1. The summed E-state index contributed by atoms with van der Waals surface area (Å²) in [6.45, 7) is 11.9. The summed E-state index contributed by atoms with van der Waals surface area (Å²) >= 11 is 6.86. The fourth-order valence-electron chi connectivity index (χ4n) is 10.2. The predicted octanol–water partition coefficient (Wildman–Crippen LogP) is 9.47. The van der Waals surface area contributed by atoms with Gasteiger partial charge in [-0.1, -0.05) is 119 Å². The number of amides is 4. The number of hydrogen-bond donors (Lipinski definition) is 3. The molecule has 0 spiro atoms. The molecule has 0 radical (unpaired) electrons. The van der Waals surface area contributed by atoms with Crippen LogP contribution in [0.3, 0.4) is 0 Å². The molecule has 3 aromatic rings. The van der Waals surface area contributed by atoms with Crippen molar-refractivity contribution in [3.8, 4) is 16.9 Å². The van der Waals surface area contributed by atoms with Crippen LogP contribution in [0.2, 0.25) is 5.02 Å². The lowest BCUT2D eigenvalue weighted by Gasteiger charge is -2.42. The van der Waals surface area contributed by atoms with E-state index in [0.717, 1.165) is 33.4 Å². The van der Waals surface area contributed by atoms with Crippen LogP contribution in [-0.4, -0.2) is 122 Å². The molecule has 394 valence electrons. The van der Waals surface area contributed by atoms with Crippen LogP contribution in [0.25, 0.3) is 11.1 Å². The first-order valence-corrected chi connectivity index (χ1v) is 27.4. The molecule has 4 amide bonds. The van der Waals surface area contributed by atoms with Gasteiger partial charge in [0.25, 0.3) is 0 Å². The number of benzene rings is 3. The maximum atomic E-state index is 14.4. The van der Waals surface area contributed by atoms with E-state index in [1.165, 1.54) is 45.6 Å². The van der Waals surface area contributed by atoms with E-state index >= 15 is 0 Å². The number of anilines is 1. The second-order valence-corrected chi connectivity index (χ2v) is 24.1. The molecule has 15 nitrogen and oxygen atoms in total. The molecule has 73 heavy (non-hydrogen) atoms. The van der Waals surface area contributed by atoms with Crippen molar-refractivity contribution >= 4 is 68.8 Å². The molecule has 0 unspecified atom stereocenters. The minimum absolute atomic E-state index is 0.00466. The first kappa shape index (κ1) is 55.5. The Balaban J connectivity index is 0.978. The average Bonchev–Trinajstić information content (AvgIpc) is 3.96. The van der Waals surface area contributed by atoms with Gasteiger partial charge in [0.15, 0.2) is 5.72 Å². The zero-order chi connectivity index (χ0) is 53.0. The highest BCUT2D eigenvalue weighted by molar-refractivity contribution is 8.77. The number of nitrogens with one attached hydrogen (secondary N) is 2. The lowest BCUT2D eigenvalue weighted by molar-refractivity contribution is -0.163. The highest BCUT2D eigenvalue weighted by atomic mass is 35.5. The van der Waals surface area contributed by atoms with E-state index in [0.29, 0.717) is 36.6 Å². The summed E-state index contributed by atoms with van der Waals surface area (Å²) in [6.07, 6.45) is 2.27. The maximum Gasteiger partial charge on any atom is 0.409 e. The van der Waals surface area contributed by atoms with E-state index < -0.39 is 58.4 Å². The summed E-state index contributed by atoms with van der Waals surface area (Å²) < 4.78 is 28.8. The molecule has 2 fully saturated rings. The molecule has 2 aliphatic heterocycles. The highest BCUT2D eigenvalue weighted by Crippen LogP contribution is 2.61. The third-order valence-corrected chi connectivity index (χ3v) is 18.6. The van der Waals surface area contributed by atoms with Crippen molar-refractivity contribution in [2.24, 2.45) is 17.3 Å². The Labute approximate surface area is 441 Å². The van der Waals surface area contributed by atoms with Crippen LogP contribution in [0, 0.1) is 17.3 Å². The van der Waals surface area contributed by atoms with Gasteiger partial charge in [-0.05, 0) is 92.3 Å². The lowest BCUT2D eigenvalue weighted by Crippen LogP contribution is -2.63. The normalized spacial score (nSPS) is 26.6. The van der Waals surface area contributed by atoms with Crippen molar-refractivity contribution in [1.29, 1.82) is 0 Å². The van der Waals surface area contributed by atoms with Crippen LogP contribution < -0.4 is 20.3 Å². The molecule has 1 saturated heterocycles. The molecule has 2 aliphatic carbocycles. The zero-order valence-electron chi connectivity index (χ0n) is 43.3. The van der Waals surface area contributed by atoms with Crippen molar-refractivity contribution in [2.75, 3.05) is 52.1 Å². The molecule has 2 heterocycles. The molecule has 4 aliphatic rings. The van der Waals surface area contributed by atoms with Crippen molar-refractivity contribution < 1.29 is 52.8 Å². The number of nitrogens with zero attached hydrogens (tertiary/aromatic N) is 2. The number of fused-ring (bicyclic) bond motifs is 8. The van der Waals surface area contributed by atoms with Crippen LogP contribution in [0.1, 0.15) is 89.8 Å². The summed E-state index contributed by atoms with van der Waals surface area (Å²) in [7, 11) is 9.15.